The number of nitrogens with zero attached hydrogens (tertiary/aromatic N) is 3. The highest BCUT2D eigenvalue weighted by molar-refractivity contribution is 5.88. The smallest absolute Gasteiger partial charge is 0.160 e. The lowest BCUT2D eigenvalue weighted by Gasteiger charge is -2.34. The van der Waals surface area contributed by atoms with Gasteiger partial charge in [0.2, 0.25) is 0 Å². The minimum absolute atomic E-state index is 0.591. The van der Waals surface area contributed by atoms with Crippen LogP contribution in [-0.4, -0.2) is 15.0 Å². The molecule has 2 heterocycles. The summed E-state index contributed by atoms with van der Waals surface area (Å²) in [6, 6.07) is 73.2. The molecule has 1 aliphatic rings. The van der Waals surface area contributed by atoms with Crippen LogP contribution in [0.25, 0.3) is 67.4 Å². The second-order valence-corrected chi connectivity index (χ2v) is 14.0. The first-order valence-electron chi connectivity index (χ1n) is 18.7. The van der Waals surface area contributed by atoms with Crippen molar-refractivity contribution < 1.29 is 0 Å². The Morgan fingerprint density at radius 2 is 0.800 bits per heavy atom. The fraction of sp³-hybridized carbons (Fsp3) is 0.0192. The molecule has 0 amide bonds. The number of aromatic nitrogens is 3. The summed E-state index contributed by atoms with van der Waals surface area (Å²) in [6.07, 6.45) is 1.86. The molecule has 3 nitrogen and oxygen atoms in total. The highest BCUT2D eigenvalue weighted by Crippen LogP contribution is 2.56. The maximum Gasteiger partial charge on any atom is 0.160 e. The summed E-state index contributed by atoms with van der Waals surface area (Å²) in [5, 5.41) is 0. The van der Waals surface area contributed by atoms with Crippen LogP contribution in [0.15, 0.2) is 212 Å². The number of rotatable bonds is 7. The number of fused-ring (bicyclic) bond motifs is 3. The van der Waals surface area contributed by atoms with Crippen molar-refractivity contribution in [1.82, 2.24) is 15.0 Å². The zero-order valence-electron chi connectivity index (χ0n) is 30.0. The Hall–Kier alpha value is -7.23. The van der Waals surface area contributed by atoms with Gasteiger partial charge in [0, 0.05) is 28.5 Å². The van der Waals surface area contributed by atoms with Gasteiger partial charge >= 0.3 is 0 Å². The summed E-state index contributed by atoms with van der Waals surface area (Å²) >= 11 is 0. The molecule has 0 saturated carbocycles. The third-order valence-electron chi connectivity index (χ3n) is 10.8. The molecule has 0 bridgehead atoms. The molecule has 258 valence electrons. The van der Waals surface area contributed by atoms with Gasteiger partial charge in [-0.15, -0.1) is 0 Å². The lowest BCUT2D eigenvalue weighted by Crippen LogP contribution is -2.28. The van der Waals surface area contributed by atoms with Crippen molar-refractivity contribution in [2.45, 2.75) is 5.41 Å². The molecule has 0 fully saturated rings. The van der Waals surface area contributed by atoms with E-state index < -0.39 is 5.41 Å². The third kappa shape index (κ3) is 5.57. The minimum Gasteiger partial charge on any atom is -0.256 e. The Morgan fingerprint density at radius 3 is 1.42 bits per heavy atom. The number of hydrogen-bond donors (Lipinski definition) is 0. The molecule has 0 radical (unpaired) electrons. The first kappa shape index (κ1) is 32.4. The van der Waals surface area contributed by atoms with Crippen LogP contribution in [0.4, 0.5) is 0 Å². The van der Waals surface area contributed by atoms with Crippen molar-refractivity contribution >= 4 is 0 Å². The van der Waals surface area contributed by atoms with Gasteiger partial charge in [0.15, 0.2) is 5.82 Å². The molecule has 0 atom stereocenters. The van der Waals surface area contributed by atoms with E-state index in [4.69, 9.17) is 15.0 Å². The summed E-state index contributed by atoms with van der Waals surface area (Å²) in [5.41, 5.74) is 15.9. The normalized spacial score (nSPS) is 12.5. The second-order valence-electron chi connectivity index (χ2n) is 14.0. The van der Waals surface area contributed by atoms with Crippen LogP contribution in [-0.2, 0) is 5.41 Å². The molecule has 3 heteroatoms. The second kappa shape index (κ2) is 13.6. The van der Waals surface area contributed by atoms with Gasteiger partial charge in [0.05, 0.1) is 22.5 Å². The van der Waals surface area contributed by atoms with Gasteiger partial charge in [-0.25, -0.2) is 9.97 Å². The molecule has 7 aromatic carbocycles. The predicted octanol–water partition coefficient (Wildman–Crippen LogP) is 12.6. The molecule has 0 aliphatic heterocycles. The van der Waals surface area contributed by atoms with Gasteiger partial charge in [-0.1, -0.05) is 176 Å². The van der Waals surface area contributed by atoms with E-state index in [9.17, 15) is 0 Å². The van der Waals surface area contributed by atoms with E-state index in [1.165, 1.54) is 33.4 Å². The summed E-state index contributed by atoms with van der Waals surface area (Å²) < 4.78 is 0. The average Bonchev–Trinajstić information content (AvgIpc) is 3.58. The standard InChI is InChI=1S/C52H35N3/c1-3-17-36(18-4-1)42-25-7-8-28-45(42)50-35-49(54-51(55-50)37-19-5-2-6-20-37)39-22-16-24-41(34-39)52(40-23-15-21-38(33-40)48-31-13-14-32-53-48)46-29-11-9-26-43(46)44-27-10-12-30-47(44)52/h1-35H. The molecular weight excluding hydrogens is 667 g/mol. The van der Waals surface area contributed by atoms with Crippen molar-refractivity contribution in [3.8, 4) is 67.4 Å². The lowest BCUT2D eigenvalue weighted by atomic mass is 9.67. The zero-order valence-corrected chi connectivity index (χ0v) is 30.0. The minimum atomic E-state index is -0.591. The largest absolute Gasteiger partial charge is 0.256 e. The quantitative estimate of drug-likeness (QED) is 0.166. The van der Waals surface area contributed by atoms with Crippen molar-refractivity contribution in [3.05, 3.63) is 235 Å². The van der Waals surface area contributed by atoms with E-state index in [1.54, 1.807) is 0 Å². The van der Waals surface area contributed by atoms with Crippen LogP contribution in [0.2, 0.25) is 0 Å². The van der Waals surface area contributed by atoms with E-state index in [0.717, 1.165) is 50.5 Å². The highest BCUT2D eigenvalue weighted by atomic mass is 14.9. The Bertz CT molecular complexity index is 2770. The first-order chi connectivity index (χ1) is 27.3. The molecule has 2 aromatic heterocycles. The molecule has 55 heavy (non-hydrogen) atoms. The monoisotopic (exact) mass is 701 g/mol. The van der Waals surface area contributed by atoms with Crippen LogP contribution in [0.3, 0.4) is 0 Å². The predicted molar refractivity (Wildman–Crippen MR) is 224 cm³/mol. The molecular formula is C52H35N3. The van der Waals surface area contributed by atoms with Gasteiger partial charge in [0.25, 0.3) is 0 Å². The van der Waals surface area contributed by atoms with Gasteiger partial charge in [-0.3, -0.25) is 4.98 Å². The Labute approximate surface area is 321 Å². The average molecular weight is 702 g/mol. The molecule has 10 rings (SSSR count). The van der Waals surface area contributed by atoms with Gasteiger partial charge in [-0.2, -0.15) is 0 Å². The fourth-order valence-corrected chi connectivity index (χ4v) is 8.41. The third-order valence-corrected chi connectivity index (χ3v) is 10.8. The molecule has 0 unspecified atom stereocenters. The number of hydrogen-bond acceptors (Lipinski definition) is 3. The maximum atomic E-state index is 5.29. The zero-order chi connectivity index (χ0) is 36.6. The molecule has 1 aliphatic carbocycles. The Kier molecular flexibility index (Phi) is 8.04. The van der Waals surface area contributed by atoms with Crippen LogP contribution in [0.1, 0.15) is 22.3 Å². The number of benzene rings is 7. The molecule has 0 N–H and O–H groups in total. The molecule has 9 aromatic rings. The maximum absolute atomic E-state index is 5.29. The van der Waals surface area contributed by atoms with Crippen molar-refractivity contribution in [2.75, 3.05) is 0 Å². The topological polar surface area (TPSA) is 38.7 Å². The Morgan fingerprint density at radius 1 is 0.309 bits per heavy atom. The van der Waals surface area contributed by atoms with Crippen LogP contribution in [0.5, 0.6) is 0 Å². The van der Waals surface area contributed by atoms with Crippen molar-refractivity contribution in [1.29, 1.82) is 0 Å². The van der Waals surface area contributed by atoms with E-state index in [0.29, 0.717) is 5.82 Å². The lowest BCUT2D eigenvalue weighted by molar-refractivity contribution is 0.769. The van der Waals surface area contributed by atoms with Gasteiger partial charge < -0.3 is 0 Å². The fourth-order valence-electron chi connectivity index (χ4n) is 8.41. The van der Waals surface area contributed by atoms with Crippen LogP contribution in [0, 0.1) is 0 Å². The van der Waals surface area contributed by atoms with E-state index in [1.807, 2.05) is 36.5 Å². The molecule has 0 spiro atoms. The summed E-state index contributed by atoms with van der Waals surface area (Å²) in [6.45, 7) is 0. The van der Waals surface area contributed by atoms with E-state index in [2.05, 4.69) is 176 Å². The van der Waals surface area contributed by atoms with Crippen molar-refractivity contribution in [2.24, 2.45) is 0 Å². The van der Waals surface area contributed by atoms with Crippen LogP contribution >= 0.6 is 0 Å². The SMILES string of the molecule is c1ccc(-c2nc(-c3cccc(C4(c5cccc(-c6ccccn6)c5)c5ccccc5-c5ccccc54)c3)cc(-c3ccccc3-c3ccccc3)n2)cc1. The van der Waals surface area contributed by atoms with E-state index in [-0.39, 0.29) is 0 Å². The first-order valence-corrected chi connectivity index (χ1v) is 18.7. The van der Waals surface area contributed by atoms with E-state index >= 15 is 0 Å². The van der Waals surface area contributed by atoms with Crippen molar-refractivity contribution in [3.63, 3.8) is 0 Å². The molecule has 0 saturated heterocycles. The summed E-state index contributed by atoms with van der Waals surface area (Å²) in [4.78, 5) is 15.2. The highest BCUT2D eigenvalue weighted by Gasteiger charge is 2.46. The number of pyridine rings is 1. The van der Waals surface area contributed by atoms with Gasteiger partial charge in [0.1, 0.15) is 0 Å². The van der Waals surface area contributed by atoms with Crippen LogP contribution < -0.4 is 0 Å². The Balaban J connectivity index is 1.21. The van der Waals surface area contributed by atoms with Gasteiger partial charge in [-0.05, 0) is 74.8 Å². The summed E-state index contributed by atoms with van der Waals surface area (Å²) in [5.74, 6) is 0.690. The summed E-state index contributed by atoms with van der Waals surface area (Å²) in [7, 11) is 0.